The molecule has 0 saturated heterocycles. The maximum atomic E-state index is 5.39. The van der Waals surface area contributed by atoms with Crippen LogP contribution in [-0.4, -0.2) is 0 Å². The van der Waals surface area contributed by atoms with Gasteiger partial charge in [0, 0.05) is 5.54 Å². The fourth-order valence-electron chi connectivity index (χ4n) is 0.487. The maximum absolute atomic E-state index is 5.39. The third kappa shape index (κ3) is 3.94. The molecular formula is C7H11Cl. The molecule has 0 aromatic rings. The first-order valence-corrected chi connectivity index (χ1v) is 3.02. The highest BCUT2D eigenvalue weighted by Gasteiger charge is 1.78. The first-order valence-electron chi connectivity index (χ1n) is 2.58. The Morgan fingerprint density at radius 1 is 1.25 bits per heavy atom. The van der Waals surface area contributed by atoms with Gasteiger partial charge in [-0.05, 0) is 26.3 Å². The number of rotatable bonds is 1. The van der Waals surface area contributed by atoms with Crippen molar-refractivity contribution >= 4 is 11.6 Å². The minimum absolute atomic E-state index is 1.10. The average molecular weight is 131 g/mol. The van der Waals surface area contributed by atoms with Crippen molar-refractivity contribution < 1.29 is 0 Å². The normalized spacial score (nSPS) is 11.2. The molecule has 0 nitrogen and oxygen atoms in total. The molecule has 46 valence electrons. The highest BCUT2D eigenvalue weighted by atomic mass is 35.5. The number of hydrogen-bond donors (Lipinski definition) is 0. The molecule has 0 radical (unpaired) electrons. The fraction of sp³-hybridized carbons (Fsp3) is 0.429. The molecule has 0 unspecified atom stereocenters. The number of halogens is 1. The lowest BCUT2D eigenvalue weighted by Crippen LogP contribution is -1.66. The molecular weight excluding hydrogens is 120 g/mol. The molecule has 0 heterocycles. The molecule has 0 aliphatic carbocycles. The van der Waals surface area contributed by atoms with Crippen molar-refractivity contribution in [3.63, 3.8) is 0 Å². The predicted octanol–water partition coefficient (Wildman–Crippen LogP) is 3.10. The van der Waals surface area contributed by atoms with Gasteiger partial charge in [-0.1, -0.05) is 23.3 Å². The van der Waals surface area contributed by atoms with E-state index in [9.17, 15) is 0 Å². The summed E-state index contributed by atoms with van der Waals surface area (Å²) >= 11 is 5.39. The van der Waals surface area contributed by atoms with Gasteiger partial charge in [0.1, 0.15) is 0 Å². The van der Waals surface area contributed by atoms with Crippen LogP contribution < -0.4 is 0 Å². The number of hydrogen-bond acceptors (Lipinski definition) is 0. The molecule has 0 saturated carbocycles. The van der Waals surface area contributed by atoms with Gasteiger partial charge in [-0.25, -0.2) is 0 Å². The molecule has 0 rings (SSSR count). The van der Waals surface area contributed by atoms with Gasteiger partial charge in [0.25, 0.3) is 0 Å². The summed E-state index contributed by atoms with van der Waals surface area (Å²) in [6.07, 6.45) is 2.03. The van der Waals surface area contributed by atoms with Crippen LogP contribution in [0.25, 0.3) is 0 Å². The van der Waals surface area contributed by atoms with Crippen LogP contribution in [0.1, 0.15) is 20.8 Å². The third-order valence-corrected chi connectivity index (χ3v) is 1.03. The Hall–Kier alpha value is -0.230. The largest absolute Gasteiger partial charge is 0.0927 e. The molecule has 0 bridgehead atoms. The number of allylic oxidation sites excluding steroid dienone is 3. The van der Waals surface area contributed by atoms with E-state index in [1.807, 2.05) is 26.8 Å². The summed E-state index contributed by atoms with van der Waals surface area (Å²) < 4.78 is 0. The van der Waals surface area contributed by atoms with Gasteiger partial charge in [-0.3, -0.25) is 0 Å². The van der Waals surface area contributed by atoms with Crippen molar-refractivity contribution in [3.05, 3.63) is 22.8 Å². The SMILES string of the molecule is CC(C)=CC(C)=CCl. The smallest absolute Gasteiger partial charge is 0.00717 e. The topological polar surface area (TPSA) is 0 Å². The molecule has 8 heavy (non-hydrogen) atoms. The monoisotopic (exact) mass is 130 g/mol. The Balaban J connectivity index is 3.89. The summed E-state index contributed by atoms with van der Waals surface area (Å²) in [5, 5.41) is 0. The first kappa shape index (κ1) is 7.77. The molecule has 0 aliphatic rings. The van der Waals surface area contributed by atoms with E-state index in [0.29, 0.717) is 0 Å². The van der Waals surface area contributed by atoms with Crippen molar-refractivity contribution in [1.82, 2.24) is 0 Å². The second kappa shape index (κ2) is 3.73. The van der Waals surface area contributed by atoms with Crippen molar-refractivity contribution in [2.45, 2.75) is 20.8 Å². The zero-order chi connectivity index (χ0) is 6.57. The fourth-order valence-corrected chi connectivity index (χ4v) is 0.550. The van der Waals surface area contributed by atoms with E-state index in [-0.39, 0.29) is 0 Å². The molecule has 1 heteroatoms. The van der Waals surface area contributed by atoms with Crippen LogP contribution in [0, 0.1) is 0 Å². The van der Waals surface area contributed by atoms with Gasteiger partial charge in [0.05, 0.1) is 0 Å². The lowest BCUT2D eigenvalue weighted by molar-refractivity contribution is 1.35. The average Bonchev–Trinajstić information content (AvgIpc) is 1.65. The highest BCUT2D eigenvalue weighted by Crippen LogP contribution is 2.00. The highest BCUT2D eigenvalue weighted by molar-refractivity contribution is 6.25. The molecule has 0 aromatic heterocycles. The van der Waals surface area contributed by atoms with Crippen LogP contribution in [0.3, 0.4) is 0 Å². The van der Waals surface area contributed by atoms with Crippen LogP contribution in [-0.2, 0) is 0 Å². The van der Waals surface area contributed by atoms with Gasteiger partial charge >= 0.3 is 0 Å². The van der Waals surface area contributed by atoms with Gasteiger partial charge in [0.2, 0.25) is 0 Å². The Kier molecular flexibility index (Phi) is 3.63. The lowest BCUT2D eigenvalue weighted by atomic mass is 10.2. The Morgan fingerprint density at radius 3 is 1.88 bits per heavy atom. The van der Waals surface area contributed by atoms with Gasteiger partial charge < -0.3 is 0 Å². The van der Waals surface area contributed by atoms with E-state index in [0.717, 1.165) is 5.57 Å². The van der Waals surface area contributed by atoms with Crippen LogP contribution in [0.15, 0.2) is 22.8 Å². The van der Waals surface area contributed by atoms with Gasteiger partial charge in [-0.15, -0.1) is 0 Å². The maximum Gasteiger partial charge on any atom is 0.00717 e. The molecule has 0 amide bonds. The van der Waals surface area contributed by atoms with Crippen molar-refractivity contribution in [1.29, 1.82) is 0 Å². The summed E-state index contributed by atoms with van der Waals surface area (Å²) in [6.45, 7) is 6.06. The van der Waals surface area contributed by atoms with E-state index in [4.69, 9.17) is 11.6 Å². The lowest BCUT2D eigenvalue weighted by Gasteiger charge is -1.87. The van der Waals surface area contributed by atoms with E-state index in [2.05, 4.69) is 0 Å². The molecule has 0 aromatic carbocycles. The van der Waals surface area contributed by atoms with Crippen LogP contribution >= 0.6 is 11.6 Å². The van der Waals surface area contributed by atoms with Crippen molar-refractivity contribution in [2.75, 3.05) is 0 Å². The van der Waals surface area contributed by atoms with Crippen LogP contribution in [0.5, 0.6) is 0 Å². The molecule has 0 spiro atoms. The molecule has 0 N–H and O–H groups in total. The molecule has 0 aliphatic heterocycles. The summed E-state index contributed by atoms with van der Waals surface area (Å²) in [4.78, 5) is 0. The Morgan fingerprint density at radius 2 is 1.75 bits per heavy atom. The second-order valence-corrected chi connectivity index (χ2v) is 2.29. The van der Waals surface area contributed by atoms with E-state index >= 15 is 0 Å². The zero-order valence-electron chi connectivity index (χ0n) is 5.53. The van der Waals surface area contributed by atoms with Crippen molar-refractivity contribution in [3.8, 4) is 0 Å². The van der Waals surface area contributed by atoms with E-state index in [1.54, 1.807) is 5.54 Å². The minimum atomic E-state index is 1.10. The Labute approximate surface area is 55.9 Å². The first-order chi connectivity index (χ1) is 3.66. The van der Waals surface area contributed by atoms with Crippen LogP contribution in [0.4, 0.5) is 0 Å². The molecule has 0 fully saturated rings. The molecule has 0 atom stereocenters. The van der Waals surface area contributed by atoms with Crippen molar-refractivity contribution in [2.24, 2.45) is 0 Å². The minimum Gasteiger partial charge on any atom is -0.0927 e. The van der Waals surface area contributed by atoms with Gasteiger partial charge in [-0.2, -0.15) is 0 Å². The summed E-state index contributed by atoms with van der Waals surface area (Å²) in [6, 6.07) is 0. The standard InChI is InChI=1S/C7H11Cl/c1-6(2)4-7(3)5-8/h4-5H,1-3H3. The second-order valence-electron chi connectivity index (χ2n) is 2.07. The zero-order valence-corrected chi connectivity index (χ0v) is 6.29. The summed E-state index contributed by atoms with van der Waals surface area (Å²) in [5.41, 5.74) is 3.96. The quantitative estimate of drug-likeness (QED) is 0.479. The third-order valence-electron chi connectivity index (χ3n) is 0.688. The van der Waals surface area contributed by atoms with E-state index in [1.165, 1.54) is 5.57 Å². The van der Waals surface area contributed by atoms with E-state index < -0.39 is 0 Å². The summed E-state index contributed by atoms with van der Waals surface area (Å²) in [7, 11) is 0. The predicted molar refractivity (Wildman–Crippen MR) is 39.0 cm³/mol. The van der Waals surface area contributed by atoms with Gasteiger partial charge in [0.15, 0.2) is 0 Å². The van der Waals surface area contributed by atoms with Crippen LogP contribution in [0.2, 0.25) is 0 Å². The summed E-state index contributed by atoms with van der Waals surface area (Å²) in [5.74, 6) is 0. The Bertz CT molecular complexity index is 116.